The van der Waals surface area contributed by atoms with Crippen molar-refractivity contribution < 1.29 is 4.39 Å². The van der Waals surface area contributed by atoms with Gasteiger partial charge in [0.15, 0.2) is 0 Å². The van der Waals surface area contributed by atoms with E-state index in [0.29, 0.717) is 23.4 Å². The van der Waals surface area contributed by atoms with E-state index in [1.807, 2.05) is 0 Å². The zero-order valence-corrected chi connectivity index (χ0v) is 10.7. The van der Waals surface area contributed by atoms with E-state index in [-0.39, 0.29) is 5.82 Å². The predicted molar refractivity (Wildman–Crippen MR) is 69.6 cm³/mol. The van der Waals surface area contributed by atoms with Crippen LogP contribution in [0.3, 0.4) is 0 Å². The highest BCUT2D eigenvalue weighted by Gasteiger charge is 2.24. The van der Waals surface area contributed by atoms with Crippen LogP contribution in [0.2, 0.25) is 5.02 Å². The molecule has 1 nitrogen and oxygen atoms in total. The Labute approximate surface area is 107 Å². The summed E-state index contributed by atoms with van der Waals surface area (Å²) in [7, 11) is 0. The van der Waals surface area contributed by atoms with Crippen molar-refractivity contribution >= 4 is 11.6 Å². The highest BCUT2D eigenvalue weighted by Crippen LogP contribution is 2.32. The van der Waals surface area contributed by atoms with Gasteiger partial charge in [-0.1, -0.05) is 24.4 Å². The van der Waals surface area contributed by atoms with Crippen LogP contribution in [-0.2, 0) is 6.42 Å². The van der Waals surface area contributed by atoms with Crippen molar-refractivity contribution in [1.29, 1.82) is 0 Å². The number of rotatable bonds is 3. The SMILES string of the molecule is NCC1CCCCC1Cc1cc(Cl)ccc1F. The zero-order chi connectivity index (χ0) is 12.3. The van der Waals surface area contributed by atoms with Gasteiger partial charge >= 0.3 is 0 Å². The van der Waals surface area contributed by atoms with E-state index in [4.69, 9.17) is 17.3 Å². The van der Waals surface area contributed by atoms with Crippen LogP contribution in [0.15, 0.2) is 18.2 Å². The van der Waals surface area contributed by atoms with Gasteiger partial charge in [-0.2, -0.15) is 0 Å². The first-order valence-corrected chi connectivity index (χ1v) is 6.72. The fraction of sp³-hybridized carbons (Fsp3) is 0.571. The third-order valence-electron chi connectivity index (χ3n) is 3.86. The molecule has 1 aliphatic carbocycles. The quantitative estimate of drug-likeness (QED) is 0.874. The summed E-state index contributed by atoms with van der Waals surface area (Å²) in [5, 5.41) is 0.613. The van der Waals surface area contributed by atoms with E-state index in [1.165, 1.54) is 25.3 Å². The van der Waals surface area contributed by atoms with Gasteiger partial charge in [0.05, 0.1) is 0 Å². The Balaban J connectivity index is 2.10. The molecule has 0 spiro atoms. The van der Waals surface area contributed by atoms with Crippen LogP contribution >= 0.6 is 11.6 Å². The van der Waals surface area contributed by atoms with E-state index in [1.54, 1.807) is 12.1 Å². The molecule has 0 saturated heterocycles. The molecule has 1 aromatic carbocycles. The number of hydrogen-bond donors (Lipinski definition) is 1. The molecular formula is C14H19ClFN. The van der Waals surface area contributed by atoms with Crippen LogP contribution in [0, 0.1) is 17.7 Å². The molecule has 0 heterocycles. The number of benzene rings is 1. The maximum atomic E-state index is 13.7. The van der Waals surface area contributed by atoms with Crippen LogP contribution in [-0.4, -0.2) is 6.54 Å². The molecule has 1 saturated carbocycles. The molecule has 1 aliphatic rings. The second kappa shape index (κ2) is 5.83. The average molecular weight is 256 g/mol. The molecular weight excluding hydrogens is 237 g/mol. The van der Waals surface area contributed by atoms with E-state index in [9.17, 15) is 4.39 Å². The van der Waals surface area contributed by atoms with E-state index >= 15 is 0 Å². The highest BCUT2D eigenvalue weighted by atomic mass is 35.5. The summed E-state index contributed by atoms with van der Waals surface area (Å²) in [4.78, 5) is 0. The van der Waals surface area contributed by atoms with Crippen molar-refractivity contribution in [3.63, 3.8) is 0 Å². The summed E-state index contributed by atoms with van der Waals surface area (Å²) in [6.45, 7) is 0.715. The molecule has 1 fully saturated rings. The molecule has 2 rings (SSSR count). The number of halogens is 2. The Kier molecular flexibility index (Phi) is 4.41. The Morgan fingerprint density at radius 3 is 2.65 bits per heavy atom. The Bertz CT molecular complexity index is 380. The van der Waals surface area contributed by atoms with Gasteiger partial charge in [-0.05, 0) is 61.4 Å². The maximum Gasteiger partial charge on any atom is 0.126 e. The Hall–Kier alpha value is -0.600. The van der Waals surface area contributed by atoms with Gasteiger partial charge in [0.25, 0.3) is 0 Å². The Morgan fingerprint density at radius 1 is 1.24 bits per heavy atom. The van der Waals surface area contributed by atoms with Crippen molar-refractivity contribution in [3.8, 4) is 0 Å². The molecule has 2 unspecified atom stereocenters. The van der Waals surface area contributed by atoms with Crippen molar-refractivity contribution in [1.82, 2.24) is 0 Å². The molecule has 2 atom stereocenters. The summed E-state index contributed by atoms with van der Waals surface area (Å²) in [6, 6.07) is 4.80. The first kappa shape index (κ1) is 12.8. The van der Waals surface area contributed by atoms with Crippen molar-refractivity contribution in [3.05, 3.63) is 34.6 Å². The highest BCUT2D eigenvalue weighted by molar-refractivity contribution is 6.30. The summed E-state index contributed by atoms with van der Waals surface area (Å²) >= 11 is 5.91. The van der Waals surface area contributed by atoms with Crippen molar-refractivity contribution in [2.45, 2.75) is 32.1 Å². The molecule has 0 aliphatic heterocycles. The van der Waals surface area contributed by atoms with Crippen LogP contribution in [0.25, 0.3) is 0 Å². The first-order valence-electron chi connectivity index (χ1n) is 6.34. The molecule has 3 heteroatoms. The predicted octanol–water partition coefficient (Wildman–Crippen LogP) is 3.79. The lowest BCUT2D eigenvalue weighted by Gasteiger charge is -2.30. The van der Waals surface area contributed by atoms with Gasteiger partial charge in [-0.3, -0.25) is 0 Å². The van der Waals surface area contributed by atoms with Crippen LogP contribution in [0.4, 0.5) is 4.39 Å². The summed E-state index contributed by atoms with van der Waals surface area (Å²) in [5.74, 6) is 0.916. The largest absolute Gasteiger partial charge is 0.330 e. The van der Waals surface area contributed by atoms with Gasteiger partial charge in [0.1, 0.15) is 5.82 Å². The lowest BCUT2D eigenvalue weighted by atomic mass is 9.76. The molecule has 0 radical (unpaired) electrons. The van der Waals surface area contributed by atoms with E-state index in [0.717, 1.165) is 18.4 Å². The summed E-state index contributed by atoms with van der Waals surface area (Å²) in [6.07, 6.45) is 5.62. The van der Waals surface area contributed by atoms with Crippen molar-refractivity contribution in [2.75, 3.05) is 6.54 Å². The lowest BCUT2D eigenvalue weighted by Crippen LogP contribution is -2.28. The topological polar surface area (TPSA) is 26.0 Å². The second-order valence-corrected chi connectivity index (χ2v) is 5.42. The fourth-order valence-electron chi connectivity index (χ4n) is 2.85. The molecule has 17 heavy (non-hydrogen) atoms. The lowest BCUT2D eigenvalue weighted by molar-refractivity contribution is 0.240. The maximum absolute atomic E-state index is 13.7. The molecule has 94 valence electrons. The monoisotopic (exact) mass is 255 g/mol. The minimum absolute atomic E-state index is 0.143. The number of nitrogens with two attached hydrogens (primary N) is 1. The van der Waals surface area contributed by atoms with Gasteiger partial charge in [0, 0.05) is 5.02 Å². The van der Waals surface area contributed by atoms with Crippen molar-refractivity contribution in [2.24, 2.45) is 17.6 Å². The molecule has 0 amide bonds. The van der Waals surface area contributed by atoms with Gasteiger partial charge in [-0.15, -0.1) is 0 Å². The smallest absolute Gasteiger partial charge is 0.126 e. The summed E-state index contributed by atoms with van der Waals surface area (Å²) < 4.78 is 13.7. The van der Waals surface area contributed by atoms with Gasteiger partial charge in [0.2, 0.25) is 0 Å². The third kappa shape index (κ3) is 3.20. The van der Waals surface area contributed by atoms with Gasteiger partial charge in [-0.25, -0.2) is 4.39 Å². The summed E-state index contributed by atoms with van der Waals surface area (Å²) in [5.41, 5.74) is 6.53. The molecule has 0 bridgehead atoms. The normalized spacial score (nSPS) is 24.9. The second-order valence-electron chi connectivity index (χ2n) is 4.98. The third-order valence-corrected chi connectivity index (χ3v) is 4.09. The fourth-order valence-corrected chi connectivity index (χ4v) is 3.04. The molecule has 0 aromatic heterocycles. The standard InChI is InChI=1S/C14H19ClFN/c15-13-5-6-14(16)12(8-13)7-10-3-1-2-4-11(10)9-17/h5-6,8,10-11H,1-4,7,9,17H2. The Morgan fingerprint density at radius 2 is 1.94 bits per heavy atom. The average Bonchev–Trinajstić information content (AvgIpc) is 2.34. The van der Waals surface area contributed by atoms with Crippen LogP contribution < -0.4 is 5.73 Å². The van der Waals surface area contributed by atoms with E-state index < -0.39 is 0 Å². The van der Waals surface area contributed by atoms with Crippen LogP contribution in [0.5, 0.6) is 0 Å². The van der Waals surface area contributed by atoms with Crippen LogP contribution in [0.1, 0.15) is 31.2 Å². The number of hydrogen-bond acceptors (Lipinski definition) is 1. The minimum Gasteiger partial charge on any atom is -0.330 e. The molecule has 1 aromatic rings. The van der Waals surface area contributed by atoms with E-state index in [2.05, 4.69) is 0 Å². The first-order chi connectivity index (χ1) is 8.20. The zero-order valence-electron chi connectivity index (χ0n) is 9.96. The molecule has 2 N–H and O–H groups in total. The minimum atomic E-state index is -0.143. The van der Waals surface area contributed by atoms with Gasteiger partial charge < -0.3 is 5.73 Å².